The Kier molecular flexibility index (Phi) is 5.18. The number of nitrogens with two attached hydrogens (primary N) is 1. The Morgan fingerprint density at radius 3 is 2.75 bits per heavy atom. The third kappa shape index (κ3) is 3.45. The van der Waals surface area contributed by atoms with Gasteiger partial charge < -0.3 is 19.9 Å². The lowest BCUT2D eigenvalue weighted by molar-refractivity contribution is -0.123. The van der Waals surface area contributed by atoms with E-state index in [1.807, 2.05) is 22.6 Å². The molecule has 2 amide bonds. The molecule has 1 aromatic rings. The van der Waals surface area contributed by atoms with Crippen LogP contribution >= 0.6 is 0 Å². The third-order valence-electron chi connectivity index (χ3n) is 5.29. The fraction of sp³-hybridized carbons (Fsp3) is 0.706. The summed E-state index contributed by atoms with van der Waals surface area (Å²) in [6.45, 7) is 4.82. The lowest BCUT2D eigenvalue weighted by Gasteiger charge is -2.33. The number of likely N-dealkylation sites (tertiary alicyclic amines) is 1. The Morgan fingerprint density at radius 1 is 1.33 bits per heavy atom. The van der Waals surface area contributed by atoms with Crippen LogP contribution in [0.15, 0.2) is 12.4 Å². The van der Waals surface area contributed by atoms with Gasteiger partial charge in [0.25, 0.3) is 5.91 Å². The summed E-state index contributed by atoms with van der Waals surface area (Å²) in [4.78, 5) is 30.1. The lowest BCUT2D eigenvalue weighted by Crippen LogP contribution is -2.41. The molecule has 24 heavy (non-hydrogen) atoms. The van der Waals surface area contributed by atoms with Crippen molar-refractivity contribution in [2.45, 2.75) is 45.3 Å². The molecular formula is C17H26N4O3. The Bertz CT molecular complexity index is 592. The second kappa shape index (κ2) is 7.34. The van der Waals surface area contributed by atoms with Gasteiger partial charge in [-0.25, -0.2) is 4.98 Å². The highest BCUT2D eigenvalue weighted by atomic mass is 16.5. The maximum absolute atomic E-state index is 12.6. The molecular weight excluding hydrogens is 308 g/mol. The predicted octanol–water partition coefficient (Wildman–Crippen LogP) is 1.04. The van der Waals surface area contributed by atoms with Crippen LogP contribution in [-0.2, 0) is 16.1 Å². The van der Waals surface area contributed by atoms with Gasteiger partial charge in [0.05, 0.1) is 12.0 Å². The number of primary amides is 1. The van der Waals surface area contributed by atoms with Crippen LogP contribution in [0.5, 0.6) is 0 Å². The molecule has 132 valence electrons. The number of nitrogens with zero attached hydrogens (tertiary/aromatic N) is 3. The number of hydrogen-bond donors (Lipinski definition) is 1. The number of imidazole rings is 1. The van der Waals surface area contributed by atoms with Gasteiger partial charge in [-0.15, -0.1) is 0 Å². The lowest BCUT2D eigenvalue weighted by atomic mass is 9.86. The van der Waals surface area contributed by atoms with E-state index in [4.69, 9.17) is 10.5 Å². The zero-order chi connectivity index (χ0) is 17.1. The van der Waals surface area contributed by atoms with E-state index < -0.39 is 0 Å². The van der Waals surface area contributed by atoms with E-state index in [-0.39, 0.29) is 23.8 Å². The summed E-state index contributed by atoms with van der Waals surface area (Å²) in [6, 6.07) is 0. The highest BCUT2D eigenvalue weighted by molar-refractivity contribution is 5.90. The largest absolute Gasteiger partial charge is 0.377 e. The van der Waals surface area contributed by atoms with Gasteiger partial charge in [0, 0.05) is 38.6 Å². The molecule has 0 unspecified atom stereocenters. The first kappa shape index (κ1) is 17.0. The van der Waals surface area contributed by atoms with E-state index in [1.165, 1.54) is 0 Å². The Morgan fingerprint density at radius 2 is 2.08 bits per heavy atom. The smallest absolute Gasteiger partial charge is 0.289 e. The molecule has 3 rings (SSSR count). The van der Waals surface area contributed by atoms with Crippen molar-refractivity contribution >= 4 is 11.8 Å². The van der Waals surface area contributed by atoms with Crippen LogP contribution in [0, 0.1) is 11.8 Å². The third-order valence-corrected chi connectivity index (χ3v) is 5.29. The van der Waals surface area contributed by atoms with E-state index in [9.17, 15) is 9.59 Å². The molecule has 2 aliphatic heterocycles. The normalized spacial score (nSPS) is 25.1. The van der Waals surface area contributed by atoms with Crippen LogP contribution < -0.4 is 5.73 Å². The Balaban J connectivity index is 1.52. The summed E-state index contributed by atoms with van der Waals surface area (Å²) in [7, 11) is 0. The molecule has 2 fully saturated rings. The number of piperidine rings is 1. The average molecular weight is 334 g/mol. The van der Waals surface area contributed by atoms with Crippen LogP contribution in [0.25, 0.3) is 0 Å². The molecule has 0 saturated carbocycles. The van der Waals surface area contributed by atoms with E-state index in [0.29, 0.717) is 18.3 Å². The average Bonchev–Trinajstić information content (AvgIpc) is 3.23. The molecule has 1 aromatic heterocycles. The molecule has 7 heteroatoms. The second-order valence-electron chi connectivity index (χ2n) is 6.71. The number of aromatic nitrogens is 2. The van der Waals surface area contributed by atoms with Crippen molar-refractivity contribution < 1.29 is 14.3 Å². The molecule has 3 heterocycles. The van der Waals surface area contributed by atoms with E-state index in [1.54, 1.807) is 6.20 Å². The monoisotopic (exact) mass is 334 g/mol. The van der Waals surface area contributed by atoms with E-state index >= 15 is 0 Å². The standard InChI is InChI=1S/C17H26N4O3/c1-2-20-9-6-19-16(20)17(23)21-7-3-12(4-8-21)11-14-13(15(18)22)5-10-24-14/h6,9,12-14H,2-5,7-8,10-11H2,1H3,(H2,18,22)/t13-,14-/m1/s1. The fourth-order valence-corrected chi connectivity index (χ4v) is 3.81. The molecule has 2 saturated heterocycles. The van der Waals surface area contributed by atoms with Gasteiger partial charge in [-0.3, -0.25) is 9.59 Å². The van der Waals surface area contributed by atoms with E-state index in [0.717, 1.165) is 45.3 Å². The van der Waals surface area contributed by atoms with E-state index in [2.05, 4.69) is 4.98 Å². The molecule has 0 bridgehead atoms. The maximum Gasteiger partial charge on any atom is 0.289 e. The van der Waals surface area contributed by atoms with Crippen molar-refractivity contribution in [3.05, 3.63) is 18.2 Å². The zero-order valence-corrected chi connectivity index (χ0v) is 14.2. The second-order valence-corrected chi connectivity index (χ2v) is 6.71. The van der Waals surface area contributed by atoms with Crippen molar-refractivity contribution in [1.29, 1.82) is 0 Å². The van der Waals surface area contributed by atoms with Crippen LogP contribution in [0.1, 0.15) is 43.2 Å². The van der Waals surface area contributed by atoms with Crippen molar-refractivity contribution in [2.24, 2.45) is 17.6 Å². The van der Waals surface area contributed by atoms with Crippen LogP contribution in [-0.4, -0.2) is 52.1 Å². The first-order valence-corrected chi connectivity index (χ1v) is 8.81. The minimum Gasteiger partial charge on any atom is -0.377 e. The van der Waals surface area contributed by atoms with Gasteiger partial charge in [0.15, 0.2) is 5.82 Å². The summed E-state index contributed by atoms with van der Waals surface area (Å²) < 4.78 is 7.57. The van der Waals surface area contributed by atoms with Gasteiger partial charge >= 0.3 is 0 Å². The summed E-state index contributed by atoms with van der Waals surface area (Å²) in [5.41, 5.74) is 5.46. The molecule has 2 N–H and O–H groups in total. The van der Waals surface area contributed by atoms with Crippen LogP contribution in [0.2, 0.25) is 0 Å². The molecule has 0 aliphatic carbocycles. The number of ether oxygens (including phenoxy) is 1. The number of hydrogen-bond acceptors (Lipinski definition) is 4. The topological polar surface area (TPSA) is 90.4 Å². The number of aryl methyl sites for hydroxylation is 1. The minimum atomic E-state index is -0.253. The number of rotatable bonds is 5. The summed E-state index contributed by atoms with van der Waals surface area (Å²) >= 11 is 0. The minimum absolute atomic E-state index is 0.00688. The van der Waals surface area contributed by atoms with Gasteiger partial charge in [-0.05, 0) is 38.5 Å². The van der Waals surface area contributed by atoms with Crippen molar-refractivity contribution in [3.63, 3.8) is 0 Å². The highest BCUT2D eigenvalue weighted by Gasteiger charge is 2.35. The summed E-state index contributed by atoms with van der Waals surface area (Å²) in [5.74, 6) is 0.597. The quantitative estimate of drug-likeness (QED) is 0.871. The van der Waals surface area contributed by atoms with Gasteiger partial charge in [0.1, 0.15) is 0 Å². The Hall–Kier alpha value is -1.89. The molecule has 7 nitrogen and oxygen atoms in total. The number of carbonyl (C=O) groups excluding carboxylic acids is 2. The molecule has 2 atom stereocenters. The predicted molar refractivity (Wildman–Crippen MR) is 88.2 cm³/mol. The zero-order valence-electron chi connectivity index (χ0n) is 14.2. The molecule has 0 aromatic carbocycles. The number of amides is 2. The van der Waals surface area contributed by atoms with Crippen molar-refractivity contribution in [2.75, 3.05) is 19.7 Å². The summed E-state index contributed by atoms with van der Waals surface area (Å²) in [6.07, 6.45) is 6.92. The van der Waals surface area contributed by atoms with Gasteiger partial charge in [-0.1, -0.05) is 0 Å². The van der Waals surface area contributed by atoms with Crippen LogP contribution in [0.3, 0.4) is 0 Å². The highest BCUT2D eigenvalue weighted by Crippen LogP contribution is 2.30. The molecule has 0 radical (unpaired) electrons. The first-order chi connectivity index (χ1) is 11.6. The fourth-order valence-electron chi connectivity index (χ4n) is 3.81. The first-order valence-electron chi connectivity index (χ1n) is 8.81. The van der Waals surface area contributed by atoms with Gasteiger partial charge in [0.2, 0.25) is 5.91 Å². The van der Waals surface area contributed by atoms with Gasteiger partial charge in [-0.2, -0.15) is 0 Å². The molecule has 0 spiro atoms. The summed E-state index contributed by atoms with van der Waals surface area (Å²) in [5, 5.41) is 0. The Labute approximate surface area is 142 Å². The number of carbonyl (C=O) groups is 2. The molecule has 2 aliphatic rings. The SMILES string of the molecule is CCn1ccnc1C(=O)N1CCC(C[C@H]2OCC[C@H]2C(N)=O)CC1. The van der Waals surface area contributed by atoms with Crippen molar-refractivity contribution in [1.82, 2.24) is 14.5 Å². The van der Waals surface area contributed by atoms with Crippen LogP contribution in [0.4, 0.5) is 0 Å². The van der Waals surface area contributed by atoms with Crippen molar-refractivity contribution in [3.8, 4) is 0 Å². The maximum atomic E-state index is 12.6.